The SMILES string of the molecule is CC(C)COc1ccc(NC(=O)c2scnc2-c2ccccc2)cc1. The van der Waals surface area contributed by atoms with Crippen LogP contribution in [-0.2, 0) is 0 Å². The molecule has 4 nitrogen and oxygen atoms in total. The molecule has 0 unspecified atom stereocenters. The molecule has 0 saturated carbocycles. The number of amides is 1. The third-order valence-electron chi connectivity index (χ3n) is 3.52. The smallest absolute Gasteiger partial charge is 0.268 e. The molecule has 5 heteroatoms. The molecule has 0 spiro atoms. The molecule has 0 saturated heterocycles. The summed E-state index contributed by atoms with van der Waals surface area (Å²) in [5.74, 6) is 1.12. The number of carbonyl (C=O) groups is 1. The van der Waals surface area contributed by atoms with Gasteiger partial charge >= 0.3 is 0 Å². The first-order valence-corrected chi connectivity index (χ1v) is 9.04. The van der Waals surface area contributed by atoms with Crippen LogP contribution in [0.4, 0.5) is 5.69 Å². The van der Waals surface area contributed by atoms with Crippen LogP contribution in [-0.4, -0.2) is 17.5 Å². The predicted molar refractivity (Wildman–Crippen MR) is 102 cm³/mol. The van der Waals surface area contributed by atoms with Gasteiger partial charge in [-0.2, -0.15) is 0 Å². The molecule has 0 aliphatic carbocycles. The van der Waals surface area contributed by atoms with Crippen molar-refractivity contribution in [1.82, 2.24) is 4.98 Å². The summed E-state index contributed by atoms with van der Waals surface area (Å²) in [4.78, 5) is 17.5. The van der Waals surface area contributed by atoms with E-state index in [1.807, 2.05) is 54.6 Å². The minimum absolute atomic E-state index is 0.155. The van der Waals surface area contributed by atoms with E-state index in [4.69, 9.17) is 4.74 Å². The standard InChI is InChI=1S/C20H20N2O2S/c1-14(2)12-24-17-10-8-16(9-11-17)22-20(23)19-18(21-13-25-19)15-6-4-3-5-7-15/h3-11,13-14H,12H2,1-2H3,(H,22,23). The molecule has 1 amide bonds. The predicted octanol–water partition coefficient (Wildman–Crippen LogP) is 5.10. The summed E-state index contributed by atoms with van der Waals surface area (Å²) >= 11 is 1.34. The summed E-state index contributed by atoms with van der Waals surface area (Å²) in [6.07, 6.45) is 0. The lowest BCUT2D eigenvalue weighted by atomic mass is 10.1. The molecule has 128 valence electrons. The normalized spacial score (nSPS) is 10.7. The summed E-state index contributed by atoms with van der Waals surface area (Å²) in [6.45, 7) is 4.88. The molecule has 0 aliphatic rings. The largest absolute Gasteiger partial charge is 0.493 e. The molecular formula is C20H20N2O2S. The van der Waals surface area contributed by atoms with Crippen LogP contribution < -0.4 is 10.1 Å². The Morgan fingerprint density at radius 1 is 1.12 bits per heavy atom. The number of ether oxygens (including phenoxy) is 1. The van der Waals surface area contributed by atoms with Gasteiger partial charge in [0, 0.05) is 11.3 Å². The average molecular weight is 352 g/mol. The number of rotatable bonds is 6. The molecule has 3 aromatic rings. The summed E-state index contributed by atoms with van der Waals surface area (Å²) in [5.41, 5.74) is 4.07. The first kappa shape index (κ1) is 17.2. The first-order chi connectivity index (χ1) is 12.1. The van der Waals surface area contributed by atoms with Crippen LogP contribution in [0.15, 0.2) is 60.1 Å². The first-order valence-electron chi connectivity index (χ1n) is 8.16. The summed E-state index contributed by atoms with van der Waals surface area (Å²) in [6, 6.07) is 17.1. The molecule has 1 heterocycles. The molecule has 0 bridgehead atoms. The second kappa shape index (κ2) is 7.94. The Morgan fingerprint density at radius 2 is 1.84 bits per heavy atom. The second-order valence-electron chi connectivity index (χ2n) is 6.08. The van der Waals surface area contributed by atoms with Gasteiger partial charge in [-0.05, 0) is 30.2 Å². The van der Waals surface area contributed by atoms with Crippen molar-refractivity contribution in [3.05, 3.63) is 65.0 Å². The highest BCUT2D eigenvalue weighted by Crippen LogP contribution is 2.26. The maximum Gasteiger partial charge on any atom is 0.268 e. The number of aromatic nitrogens is 1. The van der Waals surface area contributed by atoms with E-state index in [0.717, 1.165) is 17.0 Å². The molecule has 3 rings (SSSR count). The fraction of sp³-hybridized carbons (Fsp3) is 0.200. The summed E-state index contributed by atoms with van der Waals surface area (Å²) in [5, 5.41) is 2.92. The Kier molecular flexibility index (Phi) is 5.46. The van der Waals surface area contributed by atoms with Gasteiger partial charge in [0.15, 0.2) is 0 Å². The maximum atomic E-state index is 12.6. The highest BCUT2D eigenvalue weighted by molar-refractivity contribution is 7.12. The molecule has 0 aliphatic heterocycles. The van der Waals surface area contributed by atoms with E-state index >= 15 is 0 Å². The van der Waals surface area contributed by atoms with Gasteiger partial charge < -0.3 is 10.1 Å². The number of hydrogen-bond donors (Lipinski definition) is 1. The quantitative estimate of drug-likeness (QED) is 0.672. The fourth-order valence-corrected chi connectivity index (χ4v) is 3.00. The highest BCUT2D eigenvalue weighted by atomic mass is 32.1. The van der Waals surface area contributed by atoms with E-state index in [9.17, 15) is 4.79 Å². The van der Waals surface area contributed by atoms with Crippen molar-refractivity contribution in [3.8, 4) is 17.0 Å². The van der Waals surface area contributed by atoms with Crippen molar-refractivity contribution in [2.24, 2.45) is 5.92 Å². The van der Waals surface area contributed by atoms with Crippen molar-refractivity contribution >= 4 is 22.9 Å². The van der Waals surface area contributed by atoms with Crippen LogP contribution in [0.2, 0.25) is 0 Å². The zero-order valence-electron chi connectivity index (χ0n) is 14.2. The monoisotopic (exact) mass is 352 g/mol. The number of thiazole rings is 1. The van der Waals surface area contributed by atoms with E-state index in [1.54, 1.807) is 5.51 Å². The van der Waals surface area contributed by atoms with Crippen LogP contribution in [0.5, 0.6) is 5.75 Å². The molecule has 25 heavy (non-hydrogen) atoms. The van der Waals surface area contributed by atoms with Gasteiger partial charge in [-0.25, -0.2) is 4.98 Å². The number of anilines is 1. The zero-order chi connectivity index (χ0) is 17.6. The van der Waals surface area contributed by atoms with E-state index in [-0.39, 0.29) is 5.91 Å². The lowest BCUT2D eigenvalue weighted by Gasteiger charge is -2.10. The van der Waals surface area contributed by atoms with E-state index in [0.29, 0.717) is 23.1 Å². The molecular weight excluding hydrogens is 332 g/mol. The van der Waals surface area contributed by atoms with Gasteiger partial charge in [-0.1, -0.05) is 44.2 Å². The Morgan fingerprint density at radius 3 is 2.52 bits per heavy atom. The van der Waals surface area contributed by atoms with Gasteiger partial charge in [0.1, 0.15) is 10.6 Å². The van der Waals surface area contributed by atoms with Crippen molar-refractivity contribution < 1.29 is 9.53 Å². The second-order valence-corrected chi connectivity index (χ2v) is 6.93. The Labute approximate surface area is 151 Å². The van der Waals surface area contributed by atoms with Crippen LogP contribution in [0.1, 0.15) is 23.5 Å². The number of hydrogen-bond acceptors (Lipinski definition) is 4. The summed E-state index contributed by atoms with van der Waals surface area (Å²) in [7, 11) is 0. The average Bonchev–Trinajstić information content (AvgIpc) is 3.12. The van der Waals surface area contributed by atoms with Gasteiger partial charge in [0.05, 0.1) is 17.8 Å². The number of benzene rings is 2. The fourth-order valence-electron chi connectivity index (χ4n) is 2.29. The third-order valence-corrected chi connectivity index (χ3v) is 4.34. The highest BCUT2D eigenvalue weighted by Gasteiger charge is 2.16. The Hall–Kier alpha value is -2.66. The van der Waals surface area contributed by atoms with E-state index in [1.165, 1.54) is 11.3 Å². The van der Waals surface area contributed by atoms with Crippen molar-refractivity contribution in [2.75, 3.05) is 11.9 Å². The lowest BCUT2D eigenvalue weighted by Crippen LogP contribution is -2.11. The maximum absolute atomic E-state index is 12.6. The molecule has 2 aromatic carbocycles. The van der Waals surface area contributed by atoms with E-state index in [2.05, 4.69) is 24.1 Å². The number of nitrogens with zero attached hydrogens (tertiary/aromatic N) is 1. The minimum Gasteiger partial charge on any atom is -0.493 e. The topological polar surface area (TPSA) is 51.2 Å². The number of nitrogens with one attached hydrogen (secondary N) is 1. The Bertz CT molecular complexity index is 826. The van der Waals surface area contributed by atoms with Gasteiger partial charge in [-0.15, -0.1) is 11.3 Å². The van der Waals surface area contributed by atoms with Crippen LogP contribution in [0.3, 0.4) is 0 Å². The molecule has 0 radical (unpaired) electrons. The van der Waals surface area contributed by atoms with Crippen LogP contribution >= 0.6 is 11.3 Å². The van der Waals surface area contributed by atoms with Gasteiger partial charge in [0.2, 0.25) is 0 Å². The molecule has 0 atom stereocenters. The molecule has 0 fully saturated rings. The molecule has 1 aromatic heterocycles. The third kappa shape index (κ3) is 4.45. The van der Waals surface area contributed by atoms with E-state index < -0.39 is 0 Å². The molecule has 1 N–H and O–H groups in total. The van der Waals surface area contributed by atoms with Crippen LogP contribution in [0.25, 0.3) is 11.3 Å². The Balaban J connectivity index is 1.70. The van der Waals surface area contributed by atoms with Crippen molar-refractivity contribution in [1.29, 1.82) is 0 Å². The van der Waals surface area contributed by atoms with Crippen LogP contribution in [0, 0.1) is 5.92 Å². The van der Waals surface area contributed by atoms with Crippen molar-refractivity contribution in [2.45, 2.75) is 13.8 Å². The van der Waals surface area contributed by atoms with Gasteiger partial charge in [0.25, 0.3) is 5.91 Å². The van der Waals surface area contributed by atoms with Crippen molar-refractivity contribution in [3.63, 3.8) is 0 Å². The minimum atomic E-state index is -0.155. The lowest BCUT2D eigenvalue weighted by molar-refractivity contribution is 0.103. The zero-order valence-corrected chi connectivity index (χ0v) is 15.0. The number of carbonyl (C=O) groups excluding carboxylic acids is 1. The van der Waals surface area contributed by atoms with Gasteiger partial charge in [-0.3, -0.25) is 4.79 Å². The summed E-state index contributed by atoms with van der Waals surface area (Å²) < 4.78 is 5.66.